The number of carbonyl (C=O) groups is 2. The van der Waals surface area contributed by atoms with Gasteiger partial charge in [0, 0.05) is 17.5 Å². The summed E-state index contributed by atoms with van der Waals surface area (Å²) in [5, 5.41) is 2.02. The molecule has 0 saturated carbocycles. The van der Waals surface area contributed by atoms with Crippen LogP contribution in [-0.2, 0) is 4.79 Å². The number of hydrogen-bond donors (Lipinski definition) is 2. The maximum absolute atomic E-state index is 12.8. The van der Waals surface area contributed by atoms with E-state index in [2.05, 4.69) is 10.9 Å². The smallest absolute Gasteiger partial charge is 0.241 e. The molecule has 1 aromatic heterocycles. The van der Waals surface area contributed by atoms with E-state index in [1.807, 2.05) is 37.6 Å². The van der Waals surface area contributed by atoms with Crippen LogP contribution < -0.4 is 15.6 Å². The second kappa shape index (κ2) is 8.65. The molecule has 0 radical (unpaired) electrons. The van der Waals surface area contributed by atoms with E-state index in [1.54, 1.807) is 34.4 Å². The van der Waals surface area contributed by atoms with Gasteiger partial charge in [0.05, 0.1) is 12.1 Å². The summed E-state index contributed by atoms with van der Waals surface area (Å²) < 4.78 is 5.80. The number of ether oxygens (including phenoxy) is 1. The second-order valence-corrected chi connectivity index (χ2v) is 7.79. The van der Waals surface area contributed by atoms with E-state index in [-0.39, 0.29) is 29.8 Å². The number of Topliss-reactive ketones (excluding diaryl/α,β-unsaturated/α-hetero) is 1. The number of hydrogen-bond acceptors (Lipinski definition) is 6. The minimum atomic E-state index is -0.283. The van der Waals surface area contributed by atoms with Crippen LogP contribution in [-0.4, -0.2) is 42.3 Å². The van der Waals surface area contributed by atoms with Crippen molar-refractivity contribution in [3.05, 3.63) is 52.2 Å². The molecule has 1 fully saturated rings. The molecule has 2 N–H and O–H groups in total. The molecule has 3 rings (SSSR count). The number of thiophene rings is 1. The minimum absolute atomic E-state index is 0.00895. The Morgan fingerprint density at radius 1 is 1.30 bits per heavy atom. The van der Waals surface area contributed by atoms with Crippen LogP contribution in [0, 0.1) is 0 Å². The Morgan fingerprint density at radius 2 is 2.11 bits per heavy atom. The van der Waals surface area contributed by atoms with Gasteiger partial charge >= 0.3 is 0 Å². The number of ketones is 1. The average molecular weight is 388 g/mol. The van der Waals surface area contributed by atoms with Crippen molar-refractivity contribution >= 4 is 23.0 Å². The first kappa shape index (κ1) is 19.5. The second-order valence-electron chi connectivity index (χ2n) is 6.81. The molecule has 144 valence electrons. The molecule has 27 heavy (non-hydrogen) atoms. The van der Waals surface area contributed by atoms with Crippen LogP contribution in [0.15, 0.2) is 41.8 Å². The number of hydrazine groups is 1. The molecule has 0 bridgehead atoms. The van der Waals surface area contributed by atoms with Crippen LogP contribution in [0.3, 0.4) is 0 Å². The van der Waals surface area contributed by atoms with Gasteiger partial charge in [0.25, 0.3) is 0 Å². The summed E-state index contributed by atoms with van der Waals surface area (Å²) in [6.45, 7) is 3.99. The summed E-state index contributed by atoms with van der Waals surface area (Å²) in [5.41, 5.74) is 6.85. The summed E-state index contributed by atoms with van der Waals surface area (Å²) in [5.74, 6) is 0.724. The standard InChI is InChI=1S/C20H25N3O3S/c1-13(19-8-5-9-27-19)23(3)20(25)18-11-16(21-22-18)12-26-17-7-4-6-15(10-17)14(2)24/h4-10,13,16,18,21-22H,11-12H2,1-3H3. The van der Waals surface area contributed by atoms with Crippen LogP contribution in [0.25, 0.3) is 0 Å². The molecular formula is C20H25N3O3S. The zero-order valence-electron chi connectivity index (χ0n) is 15.8. The van der Waals surface area contributed by atoms with E-state index in [0.717, 1.165) is 0 Å². The Morgan fingerprint density at radius 3 is 2.81 bits per heavy atom. The Hall–Kier alpha value is -2.22. The van der Waals surface area contributed by atoms with Crippen molar-refractivity contribution in [2.45, 2.75) is 38.4 Å². The molecular weight excluding hydrogens is 362 g/mol. The maximum Gasteiger partial charge on any atom is 0.241 e. The lowest BCUT2D eigenvalue weighted by atomic mass is 10.1. The van der Waals surface area contributed by atoms with E-state index in [1.165, 1.54) is 11.8 Å². The lowest BCUT2D eigenvalue weighted by Crippen LogP contribution is -2.45. The number of nitrogens with zero attached hydrogens (tertiary/aromatic N) is 1. The first-order valence-corrected chi connectivity index (χ1v) is 9.88. The summed E-state index contributed by atoms with van der Waals surface area (Å²) in [6.07, 6.45) is 0.646. The lowest BCUT2D eigenvalue weighted by molar-refractivity contribution is -0.133. The number of nitrogens with one attached hydrogen (secondary N) is 2. The molecule has 2 aromatic rings. The summed E-state index contributed by atoms with van der Waals surface area (Å²) in [6, 6.07) is 11.0. The molecule has 7 heteroatoms. The third-order valence-corrected chi connectivity index (χ3v) is 5.90. The molecule has 1 saturated heterocycles. The largest absolute Gasteiger partial charge is 0.492 e. The van der Waals surface area contributed by atoms with Crippen LogP contribution in [0.5, 0.6) is 5.75 Å². The third kappa shape index (κ3) is 4.74. The number of carbonyl (C=O) groups excluding carboxylic acids is 2. The summed E-state index contributed by atoms with van der Waals surface area (Å²) >= 11 is 1.65. The number of benzene rings is 1. The Labute approximate surface area is 163 Å². The van der Waals surface area contributed by atoms with Gasteiger partial charge in [-0.15, -0.1) is 11.3 Å². The third-order valence-electron chi connectivity index (χ3n) is 4.86. The maximum atomic E-state index is 12.8. The molecule has 0 aliphatic carbocycles. The molecule has 3 unspecified atom stereocenters. The van der Waals surface area contributed by atoms with E-state index in [9.17, 15) is 9.59 Å². The highest BCUT2D eigenvalue weighted by molar-refractivity contribution is 7.10. The normalized spacial score (nSPS) is 20.3. The fourth-order valence-corrected chi connectivity index (χ4v) is 3.88. The molecule has 1 aliphatic rings. The Kier molecular flexibility index (Phi) is 6.26. The van der Waals surface area contributed by atoms with Crippen molar-refractivity contribution in [1.82, 2.24) is 15.8 Å². The van der Waals surface area contributed by atoms with E-state index < -0.39 is 0 Å². The molecule has 0 spiro atoms. The van der Waals surface area contributed by atoms with Crippen molar-refractivity contribution in [3.63, 3.8) is 0 Å². The van der Waals surface area contributed by atoms with Crippen LogP contribution in [0.4, 0.5) is 0 Å². The monoisotopic (exact) mass is 387 g/mol. The molecule has 2 heterocycles. The Balaban J connectivity index is 1.51. The quantitative estimate of drug-likeness (QED) is 0.715. The zero-order valence-corrected chi connectivity index (χ0v) is 16.6. The van der Waals surface area contributed by atoms with Gasteiger partial charge in [-0.05, 0) is 43.8 Å². The fourth-order valence-electron chi connectivity index (χ4n) is 3.05. The van der Waals surface area contributed by atoms with Crippen molar-refractivity contribution in [2.24, 2.45) is 0 Å². The van der Waals surface area contributed by atoms with Gasteiger partial charge in [0.2, 0.25) is 5.91 Å². The molecule has 1 aromatic carbocycles. The van der Waals surface area contributed by atoms with E-state index in [4.69, 9.17) is 4.74 Å². The van der Waals surface area contributed by atoms with Crippen LogP contribution in [0.1, 0.15) is 41.5 Å². The number of likely N-dealkylation sites (N-methyl/N-ethyl adjacent to an activating group) is 1. The first-order chi connectivity index (χ1) is 13.0. The molecule has 1 amide bonds. The topological polar surface area (TPSA) is 70.7 Å². The van der Waals surface area contributed by atoms with Gasteiger partial charge in [-0.3, -0.25) is 15.0 Å². The van der Waals surface area contributed by atoms with Gasteiger partial charge in [-0.25, -0.2) is 5.43 Å². The first-order valence-electron chi connectivity index (χ1n) is 9.00. The predicted octanol–water partition coefficient (Wildman–Crippen LogP) is 2.78. The Bertz CT molecular complexity index is 794. The van der Waals surface area contributed by atoms with Gasteiger partial charge in [-0.1, -0.05) is 18.2 Å². The fraction of sp³-hybridized carbons (Fsp3) is 0.400. The van der Waals surface area contributed by atoms with E-state index in [0.29, 0.717) is 24.3 Å². The summed E-state index contributed by atoms with van der Waals surface area (Å²) in [4.78, 5) is 27.2. The van der Waals surface area contributed by atoms with Crippen molar-refractivity contribution in [2.75, 3.05) is 13.7 Å². The van der Waals surface area contributed by atoms with Crippen molar-refractivity contribution in [3.8, 4) is 5.75 Å². The van der Waals surface area contributed by atoms with E-state index >= 15 is 0 Å². The van der Waals surface area contributed by atoms with Gasteiger partial charge in [-0.2, -0.15) is 0 Å². The van der Waals surface area contributed by atoms with Crippen LogP contribution in [0.2, 0.25) is 0 Å². The van der Waals surface area contributed by atoms with Gasteiger partial charge < -0.3 is 9.64 Å². The van der Waals surface area contributed by atoms with Crippen molar-refractivity contribution < 1.29 is 14.3 Å². The average Bonchev–Trinajstić information content (AvgIpc) is 3.36. The zero-order chi connectivity index (χ0) is 19.4. The minimum Gasteiger partial charge on any atom is -0.492 e. The highest BCUT2D eigenvalue weighted by atomic mass is 32.1. The highest BCUT2D eigenvalue weighted by Crippen LogP contribution is 2.24. The van der Waals surface area contributed by atoms with Crippen LogP contribution >= 0.6 is 11.3 Å². The summed E-state index contributed by atoms with van der Waals surface area (Å²) in [7, 11) is 1.84. The molecule has 1 aliphatic heterocycles. The molecule has 6 nitrogen and oxygen atoms in total. The van der Waals surface area contributed by atoms with Gasteiger partial charge in [0.1, 0.15) is 18.4 Å². The lowest BCUT2D eigenvalue weighted by Gasteiger charge is -2.26. The molecule has 3 atom stereocenters. The predicted molar refractivity (Wildman–Crippen MR) is 106 cm³/mol. The number of rotatable bonds is 7. The SMILES string of the molecule is CC(=O)c1cccc(OCC2CC(C(=O)N(C)C(C)c3cccs3)NN2)c1. The number of amides is 1. The van der Waals surface area contributed by atoms with Crippen molar-refractivity contribution in [1.29, 1.82) is 0 Å². The highest BCUT2D eigenvalue weighted by Gasteiger charge is 2.33. The van der Waals surface area contributed by atoms with Gasteiger partial charge in [0.15, 0.2) is 5.78 Å².